The number of amides is 1. The van der Waals surface area contributed by atoms with E-state index in [-0.39, 0.29) is 33.6 Å². The molecule has 1 amide bonds. The number of hydrogen-bond acceptors (Lipinski definition) is 14. The number of aliphatic hydroxyl groups excluding tert-OH is 1. The number of benzene rings is 2. The normalized spacial score (nSPS) is 30.9. The SMILES string of the molecule is CCCBOC1C[C@H]2OC[C@@]2(OC(C)=O)[C@H]2[C@H](OC(=O)c3ccccc3)[C@]3(O)CC(OC(=O)[C@H](O)[C@@H](NC(=O)OC(C)(C)C)c4ccccc4)C(C)=C([C@@H](OBCCC)C(=O)[C@]12C)C3(C)C. The van der Waals surface area contributed by atoms with E-state index in [1.807, 2.05) is 13.8 Å². The van der Waals surface area contributed by atoms with E-state index >= 15 is 4.79 Å². The zero-order valence-electron chi connectivity index (χ0n) is 40.0. The van der Waals surface area contributed by atoms with Gasteiger partial charge < -0.3 is 48.5 Å². The van der Waals surface area contributed by atoms with Crippen LogP contribution >= 0.6 is 0 Å². The Morgan fingerprint density at radius 3 is 2.09 bits per heavy atom. The van der Waals surface area contributed by atoms with Gasteiger partial charge in [0, 0.05) is 25.2 Å². The molecular weight excluding hydrogens is 848 g/mol. The van der Waals surface area contributed by atoms with Crippen molar-refractivity contribution in [1.29, 1.82) is 0 Å². The third-order valence-corrected chi connectivity index (χ3v) is 14.1. The molecule has 0 spiro atoms. The lowest BCUT2D eigenvalue weighted by Gasteiger charge is -2.68. The monoisotopic (exact) mass is 915 g/mol. The number of hydrogen-bond donors (Lipinski definition) is 3. The number of ketones is 1. The number of ether oxygens (including phenoxy) is 5. The number of carbonyl (C=O) groups is 5. The summed E-state index contributed by atoms with van der Waals surface area (Å²) in [4.78, 5) is 71.6. The van der Waals surface area contributed by atoms with Gasteiger partial charge in [-0.15, -0.1) is 0 Å². The van der Waals surface area contributed by atoms with Crippen LogP contribution in [-0.4, -0.2) is 115 Å². The summed E-state index contributed by atoms with van der Waals surface area (Å²) in [5.74, 6) is -4.42. The van der Waals surface area contributed by atoms with E-state index < -0.39 is 112 Å². The van der Waals surface area contributed by atoms with Crippen molar-refractivity contribution in [3.63, 3.8) is 0 Å². The lowest BCUT2D eigenvalue weighted by Crippen LogP contribution is -2.82. The minimum absolute atomic E-state index is 0.145. The number of alkyl carbamates (subject to hydrolysis) is 1. The molecule has 0 aromatic heterocycles. The van der Waals surface area contributed by atoms with E-state index in [4.69, 9.17) is 33.0 Å². The molecule has 2 unspecified atom stereocenters. The molecule has 3 N–H and O–H groups in total. The molecule has 2 aromatic carbocycles. The van der Waals surface area contributed by atoms with Gasteiger partial charge in [-0.3, -0.25) is 9.59 Å². The number of fused-ring (bicyclic) bond motifs is 5. The van der Waals surface area contributed by atoms with E-state index in [9.17, 15) is 29.4 Å². The summed E-state index contributed by atoms with van der Waals surface area (Å²) in [6, 6.07) is 15.2. The van der Waals surface area contributed by atoms with Gasteiger partial charge in [-0.25, -0.2) is 14.4 Å². The highest BCUT2D eigenvalue weighted by Crippen LogP contribution is 2.65. The van der Waals surface area contributed by atoms with E-state index in [0.29, 0.717) is 29.4 Å². The molecule has 1 heterocycles. The molecule has 3 fully saturated rings. The molecule has 17 heteroatoms. The topological polar surface area (TPSA) is 202 Å². The average molecular weight is 916 g/mol. The predicted molar refractivity (Wildman–Crippen MR) is 246 cm³/mol. The Kier molecular flexibility index (Phi) is 15.4. The highest BCUT2D eigenvalue weighted by Gasteiger charge is 2.78. The van der Waals surface area contributed by atoms with Crippen LogP contribution in [0.4, 0.5) is 4.79 Å². The number of esters is 3. The molecule has 358 valence electrons. The van der Waals surface area contributed by atoms with Crippen molar-refractivity contribution in [3.05, 3.63) is 82.9 Å². The minimum Gasteiger partial charge on any atom is -0.456 e. The van der Waals surface area contributed by atoms with Gasteiger partial charge in [0.2, 0.25) is 0 Å². The van der Waals surface area contributed by atoms with Crippen LogP contribution in [0, 0.1) is 16.7 Å². The number of rotatable bonds is 16. The van der Waals surface area contributed by atoms with Crippen molar-refractivity contribution < 1.29 is 67.2 Å². The smallest absolute Gasteiger partial charge is 0.408 e. The third kappa shape index (κ3) is 9.60. The van der Waals surface area contributed by atoms with Crippen LogP contribution < -0.4 is 5.32 Å². The Labute approximate surface area is 389 Å². The van der Waals surface area contributed by atoms with Crippen molar-refractivity contribution in [3.8, 4) is 0 Å². The second kappa shape index (κ2) is 20.0. The zero-order chi connectivity index (χ0) is 48.4. The summed E-state index contributed by atoms with van der Waals surface area (Å²) in [5.41, 5.74) is -6.66. The predicted octanol–water partition coefficient (Wildman–Crippen LogP) is 5.67. The van der Waals surface area contributed by atoms with E-state index in [0.717, 1.165) is 12.8 Å². The molecule has 11 atom stereocenters. The molecule has 0 radical (unpaired) electrons. The van der Waals surface area contributed by atoms with Crippen molar-refractivity contribution >= 4 is 44.7 Å². The van der Waals surface area contributed by atoms with Crippen LogP contribution in [0.5, 0.6) is 0 Å². The van der Waals surface area contributed by atoms with Gasteiger partial charge in [0.15, 0.2) is 17.5 Å². The van der Waals surface area contributed by atoms with Crippen molar-refractivity contribution in [2.24, 2.45) is 16.7 Å². The minimum atomic E-state index is -2.23. The first kappa shape index (κ1) is 50.9. The number of carbonyl (C=O) groups excluding carboxylic acids is 5. The lowest BCUT2D eigenvalue weighted by molar-refractivity contribution is -0.344. The molecule has 2 aromatic rings. The standard InChI is InChI=1S/C49H67B2NO14/c1-11-23-50-65-33-25-34-48(27-60-34,63-29(4)53)39-41(62-42(56)31-21-17-14-18-22-31)49(59)26-32(28(3)35(46(49,8)9)38(66-51-24-12-2)40(55)47(33,39)10)61-43(57)37(54)36(30-19-15-13-16-20-30)52-44(58)64-45(5,6)7/h13-22,32-34,36-39,41,50-51,54,59H,11-12,23-27H2,1-10H3,(H,52,58)/t32?,33?,34-,36+,37-,38-,39+,41+,47-,48+,49-/m1/s1. The van der Waals surface area contributed by atoms with Crippen LogP contribution in [0.2, 0.25) is 12.6 Å². The maximum absolute atomic E-state index is 16.2. The van der Waals surface area contributed by atoms with Crippen molar-refractivity contribution in [2.75, 3.05) is 6.61 Å². The lowest BCUT2D eigenvalue weighted by atomic mass is 9.44. The van der Waals surface area contributed by atoms with Crippen LogP contribution in [0.15, 0.2) is 71.8 Å². The van der Waals surface area contributed by atoms with Gasteiger partial charge in [-0.2, -0.15) is 0 Å². The molecule has 6 rings (SSSR count). The molecule has 2 saturated carbocycles. The van der Waals surface area contributed by atoms with Crippen molar-refractivity contribution in [2.45, 2.75) is 167 Å². The van der Waals surface area contributed by atoms with E-state index in [1.54, 1.807) is 109 Å². The average Bonchev–Trinajstić information content (AvgIpc) is 3.25. The molecule has 15 nitrogen and oxygen atoms in total. The largest absolute Gasteiger partial charge is 0.456 e. The fourth-order valence-electron chi connectivity index (χ4n) is 10.6. The fraction of sp³-hybridized carbons (Fsp3) is 0.612. The summed E-state index contributed by atoms with van der Waals surface area (Å²) in [5, 5.41) is 28.5. The Hall–Kier alpha value is -4.54. The van der Waals surface area contributed by atoms with Gasteiger partial charge in [0.05, 0.1) is 35.6 Å². The molecule has 3 aliphatic carbocycles. The third-order valence-electron chi connectivity index (χ3n) is 14.1. The summed E-state index contributed by atoms with van der Waals surface area (Å²) in [7, 11) is 0.427. The number of aliphatic hydroxyl groups is 2. The highest BCUT2D eigenvalue weighted by atomic mass is 16.6. The summed E-state index contributed by atoms with van der Waals surface area (Å²) >= 11 is 0. The Morgan fingerprint density at radius 2 is 1.53 bits per heavy atom. The summed E-state index contributed by atoms with van der Waals surface area (Å²) in [6.45, 7) is 17.0. The molecular formula is C49H67B2NO14. The van der Waals surface area contributed by atoms with Gasteiger partial charge >= 0.3 is 24.0 Å². The Morgan fingerprint density at radius 1 is 0.924 bits per heavy atom. The number of nitrogens with one attached hydrogen (secondary N) is 1. The Balaban J connectivity index is 1.56. The van der Waals surface area contributed by atoms with Gasteiger partial charge in [0.1, 0.15) is 35.6 Å². The first-order valence-corrected chi connectivity index (χ1v) is 23.3. The first-order valence-electron chi connectivity index (χ1n) is 23.3. The molecule has 1 aliphatic heterocycles. The number of Topliss-reactive ketones (excluding diaryl/α,β-unsaturated/α-hetero) is 1. The van der Waals surface area contributed by atoms with E-state index in [1.165, 1.54) is 6.92 Å². The first-order chi connectivity index (χ1) is 31.1. The van der Waals surface area contributed by atoms with E-state index in [2.05, 4.69) is 5.32 Å². The summed E-state index contributed by atoms with van der Waals surface area (Å²) in [6.07, 6.45) is -6.45. The molecule has 1 saturated heterocycles. The maximum atomic E-state index is 16.2. The summed E-state index contributed by atoms with van der Waals surface area (Å²) < 4.78 is 44.2. The van der Waals surface area contributed by atoms with Crippen LogP contribution in [-0.2, 0) is 47.4 Å². The quantitative estimate of drug-likeness (QED) is 0.0612. The second-order valence-corrected chi connectivity index (χ2v) is 20.0. The molecule has 66 heavy (non-hydrogen) atoms. The fourth-order valence-corrected chi connectivity index (χ4v) is 10.6. The van der Waals surface area contributed by atoms with Gasteiger partial charge in [-0.05, 0) is 63.5 Å². The second-order valence-electron chi connectivity index (χ2n) is 20.0. The highest BCUT2D eigenvalue weighted by molar-refractivity contribution is 6.28. The molecule has 4 aliphatic rings. The maximum Gasteiger partial charge on any atom is 0.408 e. The zero-order valence-corrected chi connectivity index (χ0v) is 40.0. The van der Waals surface area contributed by atoms with Crippen LogP contribution in [0.3, 0.4) is 0 Å². The Bertz CT molecular complexity index is 2130. The van der Waals surface area contributed by atoms with Gasteiger partial charge in [0.25, 0.3) is 15.0 Å². The van der Waals surface area contributed by atoms with Crippen LogP contribution in [0.1, 0.15) is 117 Å². The van der Waals surface area contributed by atoms with Crippen LogP contribution in [0.25, 0.3) is 0 Å². The van der Waals surface area contributed by atoms with Gasteiger partial charge in [-0.1, -0.05) is 102 Å². The molecule has 2 bridgehead atoms. The van der Waals surface area contributed by atoms with Crippen molar-refractivity contribution in [1.82, 2.24) is 5.32 Å².